The molecule has 1 aliphatic heterocycles. The molecular weight excluding hydrogens is 350 g/mol. The largest absolute Gasteiger partial charge is 0.460 e. The van der Waals surface area contributed by atoms with Crippen molar-refractivity contribution in [3.05, 3.63) is 66.2 Å². The summed E-state index contributed by atoms with van der Waals surface area (Å²) in [7, 11) is 0. The zero-order chi connectivity index (χ0) is 19.2. The highest BCUT2D eigenvalue weighted by Gasteiger charge is 2.21. The minimum atomic E-state index is 0.133. The number of para-hydroxylation sites is 1. The predicted molar refractivity (Wildman–Crippen MR) is 110 cm³/mol. The summed E-state index contributed by atoms with van der Waals surface area (Å²) in [6.45, 7) is 3.56. The van der Waals surface area contributed by atoms with Crippen molar-refractivity contribution in [3.8, 4) is 0 Å². The number of rotatable bonds is 7. The first-order valence-electron chi connectivity index (χ1n) is 10.1. The molecule has 1 amide bonds. The van der Waals surface area contributed by atoms with Gasteiger partial charge in [0, 0.05) is 30.7 Å². The van der Waals surface area contributed by atoms with Crippen molar-refractivity contribution in [2.24, 2.45) is 5.92 Å². The summed E-state index contributed by atoms with van der Waals surface area (Å²) in [6, 6.07) is 14.2. The van der Waals surface area contributed by atoms with E-state index in [4.69, 9.17) is 4.42 Å². The normalized spacial score (nSPS) is 15.7. The van der Waals surface area contributed by atoms with Crippen LogP contribution in [0, 0.1) is 5.92 Å². The molecule has 0 unspecified atom stereocenters. The number of fused-ring (bicyclic) bond motifs is 1. The molecule has 3 heterocycles. The Kier molecular flexibility index (Phi) is 6.02. The molecule has 1 fully saturated rings. The number of nitrogens with zero attached hydrogens (tertiary/aromatic N) is 2. The molecule has 2 aromatic heterocycles. The van der Waals surface area contributed by atoms with Gasteiger partial charge < -0.3 is 9.73 Å². The second-order valence-electron chi connectivity index (χ2n) is 7.65. The Morgan fingerprint density at radius 2 is 2.04 bits per heavy atom. The number of pyridine rings is 1. The number of hydrogen-bond acceptors (Lipinski definition) is 4. The van der Waals surface area contributed by atoms with E-state index in [1.165, 1.54) is 5.39 Å². The predicted octanol–water partition coefficient (Wildman–Crippen LogP) is 4.14. The second kappa shape index (κ2) is 9.02. The van der Waals surface area contributed by atoms with Crippen molar-refractivity contribution in [1.82, 2.24) is 15.2 Å². The molecule has 0 radical (unpaired) electrons. The Labute approximate surface area is 165 Å². The molecule has 1 aromatic carbocycles. The minimum absolute atomic E-state index is 0.133. The monoisotopic (exact) mass is 377 g/mol. The standard InChI is InChI=1S/C23H27N3O2/c27-23(25-16-19-4-3-11-24-15-19)8-7-18-9-12-26(13-10-18)17-21-14-20-5-1-2-6-22(20)28-21/h1-6,11,14-15,18H,7-10,12-13,16-17H2,(H,25,27). The molecule has 5 heteroatoms. The second-order valence-corrected chi connectivity index (χ2v) is 7.65. The van der Waals surface area contributed by atoms with Gasteiger partial charge in [0.05, 0.1) is 6.54 Å². The summed E-state index contributed by atoms with van der Waals surface area (Å²) in [5, 5.41) is 4.16. The van der Waals surface area contributed by atoms with E-state index in [9.17, 15) is 4.79 Å². The summed E-state index contributed by atoms with van der Waals surface area (Å²) in [5.41, 5.74) is 2.00. The Bertz CT molecular complexity index is 865. The highest BCUT2D eigenvalue weighted by atomic mass is 16.3. The van der Waals surface area contributed by atoms with Crippen LogP contribution in [0.3, 0.4) is 0 Å². The van der Waals surface area contributed by atoms with Gasteiger partial charge in [-0.2, -0.15) is 0 Å². The number of hydrogen-bond donors (Lipinski definition) is 1. The number of likely N-dealkylation sites (tertiary alicyclic amines) is 1. The average Bonchev–Trinajstić information content (AvgIpc) is 3.15. The van der Waals surface area contributed by atoms with Crippen LogP contribution in [-0.4, -0.2) is 28.9 Å². The lowest BCUT2D eigenvalue weighted by molar-refractivity contribution is -0.121. The van der Waals surface area contributed by atoms with Crippen LogP contribution < -0.4 is 5.32 Å². The fraction of sp³-hybridized carbons (Fsp3) is 0.391. The Balaban J connectivity index is 1.16. The van der Waals surface area contributed by atoms with Crippen molar-refractivity contribution >= 4 is 16.9 Å². The highest BCUT2D eigenvalue weighted by molar-refractivity contribution is 5.77. The number of aromatic nitrogens is 1. The van der Waals surface area contributed by atoms with Crippen LogP contribution in [0.4, 0.5) is 0 Å². The third-order valence-electron chi connectivity index (χ3n) is 5.56. The number of carbonyl (C=O) groups excluding carboxylic acids is 1. The molecule has 4 rings (SSSR count). The number of benzene rings is 1. The number of piperidine rings is 1. The zero-order valence-electron chi connectivity index (χ0n) is 16.1. The van der Waals surface area contributed by atoms with Crippen molar-refractivity contribution in [2.75, 3.05) is 13.1 Å². The van der Waals surface area contributed by atoms with Crippen molar-refractivity contribution < 1.29 is 9.21 Å². The summed E-state index contributed by atoms with van der Waals surface area (Å²) >= 11 is 0. The SMILES string of the molecule is O=C(CCC1CCN(Cc2cc3ccccc3o2)CC1)NCc1cccnc1. The van der Waals surface area contributed by atoms with Gasteiger partial charge in [-0.15, -0.1) is 0 Å². The first-order chi connectivity index (χ1) is 13.8. The van der Waals surface area contributed by atoms with Crippen LogP contribution in [0.2, 0.25) is 0 Å². The molecule has 1 N–H and O–H groups in total. The van der Waals surface area contributed by atoms with Crippen LogP contribution in [0.5, 0.6) is 0 Å². The van der Waals surface area contributed by atoms with Crippen molar-refractivity contribution in [1.29, 1.82) is 0 Å². The maximum Gasteiger partial charge on any atom is 0.220 e. The Morgan fingerprint density at radius 3 is 2.82 bits per heavy atom. The van der Waals surface area contributed by atoms with Crippen LogP contribution in [0.25, 0.3) is 11.0 Å². The molecule has 28 heavy (non-hydrogen) atoms. The van der Waals surface area contributed by atoms with Gasteiger partial charge in [-0.05, 0) is 62.0 Å². The molecule has 5 nitrogen and oxygen atoms in total. The Hall–Kier alpha value is -2.66. The van der Waals surface area contributed by atoms with Gasteiger partial charge in [0.2, 0.25) is 5.91 Å². The number of amides is 1. The zero-order valence-corrected chi connectivity index (χ0v) is 16.1. The molecule has 0 atom stereocenters. The van der Waals surface area contributed by atoms with E-state index in [-0.39, 0.29) is 5.91 Å². The van der Waals surface area contributed by atoms with Crippen molar-refractivity contribution in [3.63, 3.8) is 0 Å². The molecule has 1 saturated heterocycles. The third-order valence-corrected chi connectivity index (χ3v) is 5.56. The first kappa shape index (κ1) is 18.7. The van der Waals surface area contributed by atoms with E-state index in [0.717, 1.165) is 55.8 Å². The average molecular weight is 377 g/mol. The molecule has 0 spiro atoms. The lowest BCUT2D eigenvalue weighted by Gasteiger charge is -2.31. The van der Waals surface area contributed by atoms with Gasteiger partial charge in [0.15, 0.2) is 0 Å². The maximum absolute atomic E-state index is 12.1. The minimum Gasteiger partial charge on any atom is -0.460 e. The molecule has 0 aliphatic carbocycles. The fourth-order valence-corrected chi connectivity index (χ4v) is 3.90. The summed E-state index contributed by atoms with van der Waals surface area (Å²) in [4.78, 5) is 18.6. The summed E-state index contributed by atoms with van der Waals surface area (Å²) in [6.07, 6.45) is 7.40. The topological polar surface area (TPSA) is 58.4 Å². The smallest absolute Gasteiger partial charge is 0.220 e. The van der Waals surface area contributed by atoms with Gasteiger partial charge in [0.25, 0.3) is 0 Å². The highest BCUT2D eigenvalue weighted by Crippen LogP contribution is 2.25. The molecular formula is C23H27N3O2. The van der Waals surface area contributed by atoms with Gasteiger partial charge in [-0.3, -0.25) is 14.7 Å². The lowest BCUT2D eigenvalue weighted by atomic mass is 9.92. The van der Waals surface area contributed by atoms with Gasteiger partial charge in [-0.1, -0.05) is 24.3 Å². The molecule has 3 aromatic rings. The van der Waals surface area contributed by atoms with E-state index in [1.54, 1.807) is 12.4 Å². The third kappa shape index (κ3) is 4.98. The van der Waals surface area contributed by atoms with Crippen LogP contribution in [0.15, 0.2) is 59.3 Å². The van der Waals surface area contributed by atoms with Gasteiger partial charge in [0.1, 0.15) is 11.3 Å². The quantitative estimate of drug-likeness (QED) is 0.672. The number of nitrogens with one attached hydrogen (secondary N) is 1. The van der Waals surface area contributed by atoms with Gasteiger partial charge >= 0.3 is 0 Å². The fourth-order valence-electron chi connectivity index (χ4n) is 3.90. The number of carbonyl (C=O) groups is 1. The summed E-state index contributed by atoms with van der Waals surface area (Å²) < 4.78 is 5.94. The van der Waals surface area contributed by atoms with Crippen LogP contribution in [0.1, 0.15) is 37.0 Å². The Morgan fingerprint density at radius 1 is 1.18 bits per heavy atom. The molecule has 0 saturated carbocycles. The first-order valence-corrected chi connectivity index (χ1v) is 10.1. The van der Waals surface area contributed by atoms with Crippen molar-refractivity contribution in [2.45, 2.75) is 38.8 Å². The summed E-state index contributed by atoms with van der Waals surface area (Å²) in [5.74, 6) is 1.80. The van der Waals surface area contributed by atoms with E-state index >= 15 is 0 Å². The van der Waals surface area contributed by atoms with Crippen LogP contribution >= 0.6 is 0 Å². The maximum atomic E-state index is 12.1. The van der Waals surface area contributed by atoms with E-state index in [1.807, 2.05) is 30.3 Å². The lowest BCUT2D eigenvalue weighted by Crippen LogP contribution is -2.33. The van der Waals surface area contributed by atoms with E-state index < -0.39 is 0 Å². The molecule has 1 aliphatic rings. The van der Waals surface area contributed by atoms with E-state index in [0.29, 0.717) is 18.9 Å². The van der Waals surface area contributed by atoms with E-state index in [2.05, 4.69) is 27.3 Å². The van der Waals surface area contributed by atoms with Crippen LogP contribution in [-0.2, 0) is 17.9 Å². The molecule has 146 valence electrons. The van der Waals surface area contributed by atoms with Gasteiger partial charge in [-0.25, -0.2) is 0 Å². The number of furan rings is 1. The molecule has 0 bridgehead atoms.